The largest absolute Gasteiger partial charge is 0.444 e. The Kier molecular flexibility index (Phi) is 9.61. The van der Waals surface area contributed by atoms with Crippen molar-refractivity contribution >= 4 is 12.1 Å². The molecule has 0 aliphatic heterocycles. The lowest BCUT2D eigenvalue weighted by Crippen LogP contribution is -2.39. The number of ether oxygens (including phenoxy) is 1. The first-order chi connectivity index (χ1) is 10.2. The summed E-state index contributed by atoms with van der Waals surface area (Å²) in [6, 6.07) is 0. The highest BCUT2D eigenvalue weighted by Gasteiger charge is 2.20. The van der Waals surface area contributed by atoms with Crippen molar-refractivity contribution in [2.45, 2.75) is 53.6 Å². The number of rotatable bonds is 7. The van der Waals surface area contributed by atoms with Crippen molar-refractivity contribution in [1.29, 1.82) is 0 Å². The van der Waals surface area contributed by atoms with Gasteiger partial charge in [0.2, 0.25) is 0 Å². The van der Waals surface area contributed by atoms with Crippen LogP contribution in [-0.4, -0.2) is 55.8 Å². The van der Waals surface area contributed by atoms with Crippen molar-refractivity contribution in [2.75, 3.05) is 33.2 Å². The molecule has 1 unspecified atom stereocenters. The van der Waals surface area contributed by atoms with E-state index in [4.69, 9.17) is 4.74 Å². The molecule has 0 saturated heterocycles. The van der Waals surface area contributed by atoms with Crippen LogP contribution in [0.2, 0.25) is 0 Å². The van der Waals surface area contributed by atoms with Gasteiger partial charge in [-0.2, -0.15) is 0 Å². The zero-order valence-electron chi connectivity index (χ0n) is 15.3. The van der Waals surface area contributed by atoms with Crippen molar-refractivity contribution in [2.24, 2.45) is 10.9 Å². The van der Waals surface area contributed by atoms with Crippen LogP contribution in [0.3, 0.4) is 0 Å². The molecule has 2 N–H and O–H groups in total. The minimum absolute atomic E-state index is 0.259. The first-order valence-electron chi connectivity index (χ1n) is 8.15. The summed E-state index contributed by atoms with van der Waals surface area (Å²) >= 11 is 0. The van der Waals surface area contributed by atoms with Crippen LogP contribution in [0.1, 0.15) is 48.0 Å². The van der Waals surface area contributed by atoms with Crippen LogP contribution in [0.25, 0.3) is 0 Å². The molecule has 22 heavy (non-hydrogen) atoms. The van der Waals surface area contributed by atoms with Gasteiger partial charge in [0.05, 0.1) is 0 Å². The SMILES string of the molecule is CCCNC(=NCC(C)CN(C)C(=O)OC(C)(C)C)NCC. The first kappa shape index (κ1) is 20.5. The number of hydrogen-bond donors (Lipinski definition) is 2. The highest BCUT2D eigenvalue weighted by atomic mass is 16.6. The fourth-order valence-corrected chi connectivity index (χ4v) is 1.77. The van der Waals surface area contributed by atoms with Crippen LogP contribution < -0.4 is 10.6 Å². The standard InChI is InChI=1S/C16H34N4O2/c1-8-10-18-14(17-9-2)19-11-13(3)12-20(7)15(21)22-16(4,5)6/h13H,8-12H2,1-7H3,(H2,17,18,19). The third-order valence-electron chi connectivity index (χ3n) is 2.74. The van der Waals surface area contributed by atoms with Gasteiger partial charge in [0.15, 0.2) is 5.96 Å². The number of aliphatic imine (C=N–C) groups is 1. The molecule has 0 fully saturated rings. The molecule has 6 heteroatoms. The lowest BCUT2D eigenvalue weighted by molar-refractivity contribution is 0.0279. The highest BCUT2D eigenvalue weighted by molar-refractivity contribution is 5.79. The van der Waals surface area contributed by atoms with E-state index in [1.807, 2.05) is 27.7 Å². The molecular weight excluding hydrogens is 280 g/mol. The molecule has 0 aromatic rings. The molecule has 1 atom stereocenters. The Hall–Kier alpha value is -1.46. The molecule has 0 bridgehead atoms. The fourth-order valence-electron chi connectivity index (χ4n) is 1.77. The number of carbonyl (C=O) groups is 1. The van der Waals surface area contributed by atoms with Crippen molar-refractivity contribution < 1.29 is 9.53 Å². The number of nitrogens with one attached hydrogen (secondary N) is 2. The number of amides is 1. The number of carbonyl (C=O) groups excluding carboxylic acids is 1. The Morgan fingerprint density at radius 3 is 2.41 bits per heavy atom. The second kappa shape index (κ2) is 10.3. The molecule has 130 valence electrons. The number of hydrogen-bond acceptors (Lipinski definition) is 3. The Bertz CT molecular complexity index is 351. The predicted octanol–water partition coefficient (Wildman–Crippen LogP) is 2.45. The van der Waals surface area contributed by atoms with E-state index in [9.17, 15) is 4.79 Å². The minimum atomic E-state index is -0.463. The van der Waals surface area contributed by atoms with Crippen molar-refractivity contribution in [3.8, 4) is 0 Å². The van der Waals surface area contributed by atoms with E-state index in [1.54, 1.807) is 11.9 Å². The van der Waals surface area contributed by atoms with E-state index in [0.717, 1.165) is 25.5 Å². The molecule has 0 saturated carbocycles. The summed E-state index contributed by atoms with van der Waals surface area (Å²) in [5.41, 5.74) is -0.463. The Balaban J connectivity index is 4.34. The van der Waals surface area contributed by atoms with Crippen LogP contribution in [0.15, 0.2) is 4.99 Å². The molecule has 0 aliphatic carbocycles. The summed E-state index contributed by atoms with van der Waals surface area (Å²) in [4.78, 5) is 18.1. The van der Waals surface area contributed by atoms with Gasteiger partial charge in [0.25, 0.3) is 0 Å². The maximum atomic E-state index is 11.9. The molecule has 0 radical (unpaired) electrons. The third-order valence-corrected chi connectivity index (χ3v) is 2.74. The van der Waals surface area contributed by atoms with Crippen LogP contribution in [-0.2, 0) is 4.74 Å². The second-order valence-electron chi connectivity index (χ2n) is 6.61. The van der Waals surface area contributed by atoms with Crippen LogP contribution in [0, 0.1) is 5.92 Å². The van der Waals surface area contributed by atoms with Gasteiger partial charge in [-0.3, -0.25) is 4.99 Å². The zero-order valence-corrected chi connectivity index (χ0v) is 15.3. The molecule has 0 rings (SSSR count). The summed E-state index contributed by atoms with van der Waals surface area (Å²) in [6.07, 6.45) is 0.765. The molecule has 0 spiro atoms. The summed E-state index contributed by atoms with van der Waals surface area (Å²) in [5, 5.41) is 6.48. The molecule has 6 nitrogen and oxygen atoms in total. The maximum Gasteiger partial charge on any atom is 0.410 e. The second-order valence-corrected chi connectivity index (χ2v) is 6.61. The fraction of sp³-hybridized carbons (Fsp3) is 0.875. The summed E-state index contributed by atoms with van der Waals surface area (Å²) in [5.74, 6) is 1.09. The van der Waals surface area contributed by atoms with Gasteiger partial charge < -0.3 is 20.3 Å². The Labute approximate surface area is 135 Å². The van der Waals surface area contributed by atoms with Crippen LogP contribution >= 0.6 is 0 Å². The van der Waals surface area contributed by atoms with E-state index in [1.165, 1.54) is 0 Å². The molecule has 1 amide bonds. The average molecular weight is 314 g/mol. The predicted molar refractivity (Wildman–Crippen MR) is 92.3 cm³/mol. The first-order valence-corrected chi connectivity index (χ1v) is 8.15. The van der Waals surface area contributed by atoms with Crippen molar-refractivity contribution in [1.82, 2.24) is 15.5 Å². The lowest BCUT2D eigenvalue weighted by atomic mass is 10.2. The van der Waals surface area contributed by atoms with Crippen molar-refractivity contribution in [3.63, 3.8) is 0 Å². The Morgan fingerprint density at radius 2 is 1.91 bits per heavy atom. The smallest absolute Gasteiger partial charge is 0.410 e. The summed E-state index contributed by atoms with van der Waals surface area (Å²) in [6.45, 7) is 14.9. The van der Waals surface area contributed by atoms with Crippen LogP contribution in [0.5, 0.6) is 0 Å². The van der Waals surface area contributed by atoms with Crippen molar-refractivity contribution in [3.05, 3.63) is 0 Å². The van der Waals surface area contributed by atoms with Gasteiger partial charge in [-0.05, 0) is 40.0 Å². The molecule has 0 aliphatic rings. The summed E-state index contributed by atoms with van der Waals surface area (Å²) < 4.78 is 5.34. The number of nitrogens with zero attached hydrogens (tertiary/aromatic N) is 2. The van der Waals surface area contributed by atoms with Gasteiger partial charge in [0, 0.05) is 33.2 Å². The summed E-state index contributed by atoms with van der Waals surface area (Å²) in [7, 11) is 1.76. The minimum Gasteiger partial charge on any atom is -0.444 e. The molecule has 0 aromatic heterocycles. The monoisotopic (exact) mass is 314 g/mol. The Morgan fingerprint density at radius 1 is 1.27 bits per heavy atom. The van der Waals surface area contributed by atoms with E-state index in [2.05, 4.69) is 29.5 Å². The molecule has 0 aromatic carbocycles. The van der Waals surface area contributed by atoms with E-state index >= 15 is 0 Å². The topological polar surface area (TPSA) is 66.0 Å². The van der Waals surface area contributed by atoms with Crippen LogP contribution in [0.4, 0.5) is 4.79 Å². The lowest BCUT2D eigenvalue weighted by Gasteiger charge is -2.26. The zero-order chi connectivity index (χ0) is 17.2. The van der Waals surface area contributed by atoms with Gasteiger partial charge in [-0.15, -0.1) is 0 Å². The van der Waals surface area contributed by atoms with E-state index in [-0.39, 0.29) is 12.0 Å². The number of guanidine groups is 1. The van der Waals surface area contributed by atoms with Gasteiger partial charge in [-0.1, -0.05) is 13.8 Å². The highest BCUT2D eigenvalue weighted by Crippen LogP contribution is 2.10. The normalized spacial score (nSPS) is 13.5. The average Bonchev–Trinajstić information content (AvgIpc) is 2.40. The van der Waals surface area contributed by atoms with Gasteiger partial charge in [0.1, 0.15) is 5.60 Å². The molecular formula is C16H34N4O2. The van der Waals surface area contributed by atoms with E-state index in [0.29, 0.717) is 13.1 Å². The van der Waals surface area contributed by atoms with Gasteiger partial charge >= 0.3 is 6.09 Å². The van der Waals surface area contributed by atoms with Gasteiger partial charge in [-0.25, -0.2) is 4.79 Å². The molecule has 0 heterocycles. The van der Waals surface area contributed by atoms with E-state index < -0.39 is 5.60 Å². The maximum absolute atomic E-state index is 11.9. The quantitative estimate of drug-likeness (QED) is 0.559. The third kappa shape index (κ3) is 10.3.